The molecule has 0 saturated heterocycles. The van der Waals surface area contributed by atoms with E-state index in [9.17, 15) is 13.6 Å². The van der Waals surface area contributed by atoms with E-state index >= 15 is 0 Å². The number of hydrogen-bond acceptors (Lipinski definition) is 4. The molecule has 4 nitrogen and oxygen atoms in total. The molecule has 0 spiro atoms. The molecule has 1 aliphatic rings. The number of esters is 1. The lowest BCUT2D eigenvalue weighted by Crippen LogP contribution is -2.17. The first kappa shape index (κ1) is 12.7. The molecule has 0 unspecified atom stereocenters. The van der Waals surface area contributed by atoms with Crippen molar-refractivity contribution >= 4 is 5.97 Å². The summed E-state index contributed by atoms with van der Waals surface area (Å²) in [5.74, 6) is -2.89. The predicted molar refractivity (Wildman–Crippen MR) is 58.8 cm³/mol. The van der Waals surface area contributed by atoms with Gasteiger partial charge in [-0.1, -0.05) is 0 Å². The van der Waals surface area contributed by atoms with Gasteiger partial charge in [0.05, 0.1) is 18.9 Å². The lowest BCUT2D eigenvalue weighted by Gasteiger charge is -2.13. The Morgan fingerprint density at radius 2 is 2.28 bits per heavy atom. The second kappa shape index (κ2) is 4.88. The number of pyridine rings is 1. The summed E-state index contributed by atoms with van der Waals surface area (Å²) in [6.07, 6.45) is 2.03. The fourth-order valence-corrected chi connectivity index (χ4v) is 1.92. The Hall–Kier alpha value is -1.72. The fraction of sp³-hybridized carbons (Fsp3) is 0.500. The molecule has 18 heavy (non-hydrogen) atoms. The molecule has 2 rings (SSSR count). The number of hydrogen-bond donors (Lipinski definition) is 0. The first-order valence-electron chi connectivity index (χ1n) is 5.58. The van der Waals surface area contributed by atoms with E-state index in [1.807, 2.05) is 0 Å². The van der Waals surface area contributed by atoms with E-state index in [0.717, 1.165) is 0 Å². The van der Waals surface area contributed by atoms with Gasteiger partial charge >= 0.3 is 5.97 Å². The second-order valence-electron chi connectivity index (χ2n) is 4.24. The molecule has 1 aromatic heterocycles. The molecule has 0 N–H and O–H groups in total. The van der Waals surface area contributed by atoms with Crippen LogP contribution >= 0.6 is 0 Å². The van der Waals surface area contributed by atoms with Gasteiger partial charge in [0.2, 0.25) is 0 Å². The van der Waals surface area contributed by atoms with E-state index < -0.39 is 18.0 Å². The summed E-state index contributed by atoms with van der Waals surface area (Å²) in [4.78, 5) is 15.1. The van der Waals surface area contributed by atoms with E-state index in [2.05, 4.69) is 9.72 Å². The zero-order valence-corrected chi connectivity index (χ0v) is 9.86. The molecule has 1 atom stereocenters. The third-order valence-electron chi connectivity index (χ3n) is 2.80. The molecule has 0 aromatic carbocycles. The van der Waals surface area contributed by atoms with Crippen LogP contribution in [0.1, 0.15) is 29.6 Å². The van der Waals surface area contributed by atoms with Gasteiger partial charge in [-0.05, 0) is 12.5 Å². The van der Waals surface area contributed by atoms with Gasteiger partial charge in [0.15, 0.2) is 0 Å². The zero-order chi connectivity index (χ0) is 13.2. The van der Waals surface area contributed by atoms with Crippen LogP contribution in [0.4, 0.5) is 8.78 Å². The maximum absolute atomic E-state index is 13.0. The smallest absolute Gasteiger partial charge is 0.339 e. The maximum atomic E-state index is 13.0. The van der Waals surface area contributed by atoms with Gasteiger partial charge in [-0.15, -0.1) is 0 Å². The highest BCUT2D eigenvalue weighted by Gasteiger charge is 2.40. The number of ether oxygens (including phenoxy) is 2. The minimum atomic E-state index is -2.65. The number of carbonyl (C=O) groups excluding carboxylic acids is 1. The molecule has 6 heteroatoms. The van der Waals surface area contributed by atoms with E-state index in [4.69, 9.17) is 4.74 Å². The van der Waals surface area contributed by atoms with Crippen molar-refractivity contribution in [3.05, 3.63) is 24.0 Å². The molecule has 1 aromatic rings. The summed E-state index contributed by atoms with van der Waals surface area (Å²) >= 11 is 0. The highest BCUT2D eigenvalue weighted by Crippen LogP contribution is 2.36. The number of rotatable bonds is 3. The largest absolute Gasteiger partial charge is 0.489 e. The number of aromatic nitrogens is 1. The Morgan fingerprint density at radius 3 is 2.89 bits per heavy atom. The van der Waals surface area contributed by atoms with Gasteiger partial charge in [-0.25, -0.2) is 13.6 Å². The van der Waals surface area contributed by atoms with Gasteiger partial charge < -0.3 is 9.47 Å². The SMILES string of the molecule is COC(=O)c1cncc(O[C@@H]2CCC(F)(F)C2)c1. The van der Waals surface area contributed by atoms with Crippen LogP contribution < -0.4 is 4.74 Å². The first-order chi connectivity index (χ1) is 8.50. The first-order valence-corrected chi connectivity index (χ1v) is 5.58. The van der Waals surface area contributed by atoms with E-state index in [0.29, 0.717) is 12.2 Å². The molecular weight excluding hydrogens is 244 g/mol. The Bertz CT molecular complexity index is 451. The maximum Gasteiger partial charge on any atom is 0.339 e. The van der Waals surface area contributed by atoms with Crippen LogP contribution in [-0.4, -0.2) is 30.1 Å². The summed E-state index contributed by atoms with van der Waals surface area (Å²) < 4.78 is 35.9. The average molecular weight is 257 g/mol. The quantitative estimate of drug-likeness (QED) is 0.780. The normalized spacial score (nSPS) is 21.6. The molecular formula is C12H13F2NO3. The highest BCUT2D eigenvalue weighted by atomic mass is 19.3. The van der Waals surface area contributed by atoms with E-state index in [1.54, 1.807) is 0 Å². The fourth-order valence-electron chi connectivity index (χ4n) is 1.92. The van der Waals surface area contributed by atoms with Gasteiger partial charge in [0.1, 0.15) is 11.9 Å². The monoisotopic (exact) mass is 257 g/mol. The summed E-state index contributed by atoms with van der Waals surface area (Å²) in [5, 5.41) is 0. The minimum absolute atomic E-state index is 0.165. The van der Waals surface area contributed by atoms with Crippen LogP contribution in [0, 0.1) is 0 Å². The van der Waals surface area contributed by atoms with Crippen LogP contribution in [-0.2, 0) is 4.74 Å². The molecule has 0 amide bonds. The molecule has 1 aliphatic carbocycles. The third kappa shape index (κ3) is 2.94. The molecule has 0 radical (unpaired) electrons. The Labute approximate surface area is 103 Å². The Morgan fingerprint density at radius 1 is 1.50 bits per heavy atom. The number of carbonyl (C=O) groups is 1. The van der Waals surface area contributed by atoms with Gasteiger partial charge in [0.25, 0.3) is 5.92 Å². The van der Waals surface area contributed by atoms with Crippen molar-refractivity contribution in [1.29, 1.82) is 0 Å². The van der Waals surface area contributed by atoms with Crippen molar-refractivity contribution in [3.63, 3.8) is 0 Å². The van der Waals surface area contributed by atoms with E-state index in [-0.39, 0.29) is 18.4 Å². The van der Waals surface area contributed by atoms with Crippen molar-refractivity contribution in [2.24, 2.45) is 0 Å². The van der Waals surface area contributed by atoms with Gasteiger partial charge in [-0.2, -0.15) is 0 Å². The highest BCUT2D eigenvalue weighted by molar-refractivity contribution is 5.89. The summed E-state index contributed by atoms with van der Waals surface area (Å²) in [6.45, 7) is 0. The zero-order valence-electron chi connectivity index (χ0n) is 9.86. The standard InChI is InChI=1S/C12H13F2NO3/c1-17-11(16)8-4-10(7-15-6-8)18-9-2-3-12(13,14)5-9/h4,6-7,9H,2-3,5H2,1H3/t9-/m1/s1. The van der Waals surface area contributed by atoms with Crippen LogP contribution in [0.25, 0.3) is 0 Å². The molecule has 0 bridgehead atoms. The summed E-state index contributed by atoms with van der Waals surface area (Å²) in [6, 6.07) is 1.44. The Kier molecular flexibility index (Phi) is 3.45. The minimum Gasteiger partial charge on any atom is -0.489 e. The van der Waals surface area contributed by atoms with Gasteiger partial charge in [-0.3, -0.25) is 4.98 Å². The predicted octanol–water partition coefficient (Wildman–Crippen LogP) is 2.43. The van der Waals surface area contributed by atoms with Crippen molar-refractivity contribution in [3.8, 4) is 5.75 Å². The lowest BCUT2D eigenvalue weighted by atomic mass is 10.2. The Balaban J connectivity index is 2.04. The van der Waals surface area contributed by atoms with Crippen molar-refractivity contribution in [2.45, 2.75) is 31.3 Å². The average Bonchev–Trinajstić information content (AvgIpc) is 2.68. The summed E-state index contributed by atoms with van der Waals surface area (Å²) in [5.41, 5.74) is 0.236. The third-order valence-corrected chi connectivity index (χ3v) is 2.80. The molecule has 1 saturated carbocycles. The van der Waals surface area contributed by atoms with Crippen molar-refractivity contribution < 1.29 is 23.0 Å². The van der Waals surface area contributed by atoms with Gasteiger partial charge in [0, 0.05) is 19.0 Å². The van der Waals surface area contributed by atoms with Crippen molar-refractivity contribution in [1.82, 2.24) is 4.98 Å². The lowest BCUT2D eigenvalue weighted by molar-refractivity contribution is -0.00112. The number of nitrogens with zero attached hydrogens (tertiary/aromatic N) is 1. The molecule has 1 heterocycles. The van der Waals surface area contributed by atoms with Crippen LogP contribution in [0.3, 0.4) is 0 Å². The number of methoxy groups -OCH3 is 1. The van der Waals surface area contributed by atoms with Crippen LogP contribution in [0.2, 0.25) is 0 Å². The summed E-state index contributed by atoms with van der Waals surface area (Å²) in [7, 11) is 1.26. The molecule has 1 fully saturated rings. The number of alkyl halides is 2. The molecule has 98 valence electrons. The van der Waals surface area contributed by atoms with Crippen LogP contribution in [0.5, 0.6) is 5.75 Å². The van der Waals surface area contributed by atoms with Crippen molar-refractivity contribution in [2.75, 3.05) is 7.11 Å². The van der Waals surface area contributed by atoms with Crippen LogP contribution in [0.15, 0.2) is 18.5 Å². The topological polar surface area (TPSA) is 48.4 Å². The number of halogens is 2. The second-order valence-corrected chi connectivity index (χ2v) is 4.24. The van der Waals surface area contributed by atoms with E-state index in [1.165, 1.54) is 25.6 Å². The molecule has 0 aliphatic heterocycles.